The summed E-state index contributed by atoms with van der Waals surface area (Å²) in [5.41, 5.74) is 1.32. The van der Waals surface area contributed by atoms with Gasteiger partial charge in [0.25, 0.3) is 10.0 Å². The topological polar surface area (TPSA) is 96.0 Å². The molecule has 0 fully saturated rings. The van der Waals surface area contributed by atoms with Crippen LogP contribution in [0.4, 0.5) is 5.69 Å². The summed E-state index contributed by atoms with van der Waals surface area (Å²) in [4.78, 5) is 30.3. The number of nitrogens with zero attached hydrogens (tertiary/aromatic N) is 2. The number of carbonyl (C=O) groups excluding carboxylic acids is 2. The van der Waals surface area contributed by atoms with Crippen molar-refractivity contribution in [2.75, 3.05) is 10.8 Å². The number of benzene rings is 5. The van der Waals surface area contributed by atoms with E-state index in [1.165, 1.54) is 17.0 Å². The average molecular weight is 755 g/mol. The number of hydrogen-bond donors (Lipinski definition) is 1. The number of para-hydroxylation sites is 1. The molecule has 10 heteroatoms. The molecule has 0 saturated carbocycles. The summed E-state index contributed by atoms with van der Waals surface area (Å²) in [5, 5.41) is 3.05. The van der Waals surface area contributed by atoms with E-state index in [-0.39, 0.29) is 29.5 Å². The minimum atomic E-state index is -4.23. The first-order valence-electron chi connectivity index (χ1n) is 16.2. The van der Waals surface area contributed by atoms with Crippen LogP contribution in [-0.2, 0) is 32.6 Å². The van der Waals surface area contributed by atoms with E-state index in [4.69, 9.17) is 4.74 Å². The van der Waals surface area contributed by atoms with E-state index >= 15 is 0 Å². The van der Waals surface area contributed by atoms with Crippen LogP contribution >= 0.6 is 15.9 Å². The molecule has 50 heavy (non-hydrogen) atoms. The van der Waals surface area contributed by atoms with Gasteiger partial charge in [-0.05, 0) is 92.6 Å². The molecule has 5 aromatic rings. The lowest BCUT2D eigenvalue weighted by molar-refractivity contribution is -0.140. The van der Waals surface area contributed by atoms with Crippen LogP contribution in [0.5, 0.6) is 11.5 Å². The van der Waals surface area contributed by atoms with Crippen LogP contribution in [0.25, 0.3) is 0 Å². The van der Waals surface area contributed by atoms with Crippen LogP contribution in [0.3, 0.4) is 0 Å². The molecule has 0 spiro atoms. The number of anilines is 1. The minimum Gasteiger partial charge on any atom is -0.457 e. The van der Waals surface area contributed by atoms with Gasteiger partial charge in [0.2, 0.25) is 11.8 Å². The number of halogens is 1. The van der Waals surface area contributed by atoms with Crippen molar-refractivity contribution in [1.82, 2.24) is 10.2 Å². The molecule has 0 radical (unpaired) electrons. The van der Waals surface area contributed by atoms with Crippen LogP contribution in [0, 0.1) is 0 Å². The van der Waals surface area contributed by atoms with E-state index in [9.17, 15) is 18.0 Å². The third-order valence-corrected chi connectivity index (χ3v) is 10.0. The van der Waals surface area contributed by atoms with Crippen LogP contribution < -0.4 is 14.4 Å². The molecule has 1 atom stereocenters. The summed E-state index contributed by atoms with van der Waals surface area (Å²) >= 11 is 3.52. The minimum absolute atomic E-state index is 0.0299. The summed E-state index contributed by atoms with van der Waals surface area (Å²) in [5.74, 6) is 0.246. The van der Waals surface area contributed by atoms with Crippen molar-refractivity contribution in [2.45, 2.75) is 50.2 Å². The van der Waals surface area contributed by atoms with Gasteiger partial charge in [-0.15, -0.1) is 0 Å². The number of ether oxygens (including phenoxy) is 1. The van der Waals surface area contributed by atoms with Crippen molar-refractivity contribution in [2.24, 2.45) is 0 Å². The molecule has 0 aliphatic carbocycles. The standard InChI is InChI=1S/C40H40BrN3O5S/c1-40(2,3)42-39(46)37(27-30-14-7-4-8-15-30)43(28-31-16-13-17-32(41)26-31)38(45)29-44(50(47,48)36-20-11-6-12-21-36)33-22-24-35(25-23-33)49-34-18-9-5-10-19-34/h4-26,37H,27-29H2,1-3H3,(H,42,46). The lowest BCUT2D eigenvalue weighted by Crippen LogP contribution is -2.56. The quantitative estimate of drug-likeness (QED) is 0.132. The second-order valence-corrected chi connectivity index (χ2v) is 15.6. The second kappa shape index (κ2) is 16.2. The molecule has 2 amide bonds. The van der Waals surface area contributed by atoms with E-state index in [0.717, 1.165) is 19.9 Å². The van der Waals surface area contributed by atoms with E-state index in [1.54, 1.807) is 42.5 Å². The lowest BCUT2D eigenvalue weighted by Gasteiger charge is -2.35. The van der Waals surface area contributed by atoms with Gasteiger partial charge in [-0.3, -0.25) is 13.9 Å². The van der Waals surface area contributed by atoms with Crippen LogP contribution in [-0.4, -0.2) is 43.3 Å². The van der Waals surface area contributed by atoms with E-state index in [0.29, 0.717) is 11.5 Å². The SMILES string of the molecule is CC(C)(C)NC(=O)C(Cc1ccccc1)N(Cc1cccc(Br)c1)C(=O)CN(c1ccc(Oc2ccccc2)cc1)S(=O)(=O)c1ccccc1. The third kappa shape index (κ3) is 9.83. The Bertz CT molecular complexity index is 1990. The first-order chi connectivity index (χ1) is 23.9. The summed E-state index contributed by atoms with van der Waals surface area (Å²) in [6.45, 7) is 5.15. The molecule has 0 heterocycles. The summed E-state index contributed by atoms with van der Waals surface area (Å²) in [6.07, 6.45) is 0.222. The Morgan fingerprint density at radius 1 is 0.740 bits per heavy atom. The summed E-state index contributed by atoms with van der Waals surface area (Å²) in [7, 11) is -4.23. The highest BCUT2D eigenvalue weighted by Crippen LogP contribution is 2.29. The maximum absolute atomic E-state index is 14.7. The molecule has 0 bridgehead atoms. The Labute approximate surface area is 302 Å². The first kappa shape index (κ1) is 36.4. The largest absolute Gasteiger partial charge is 0.457 e. The number of rotatable bonds is 13. The molecule has 0 saturated heterocycles. The van der Waals surface area contributed by atoms with Crippen molar-refractivity contribution >= 4 is 43.5 Å². The van der Waals surface area contributed by atoms with Gasteiger partial charge in [-0.2, -0.15) is 0 Å². The first-order valence-corrected chi connectivity index (χ1v) is 18.4. The molecule has 0 aromatic heterocycles. The molecule has 5 rings (SSSR count). The Hall–Kier alpha value is -4.93. The molecule has 1 N–H and O–H groups in total. The van der Waals surface area contributed by atoms with Gasteiger partial charge >= 0.3 is 0 Å². The smallest absolute Gasteiger partial charge is 0.264 e. The highest BCUT2D eigenvalue weighted by Gasteiger charge is 2.35. The summed E-state index contributed by atoms with van der Waals surface area (Å²) in [6, 6.07) is 39.8. The molecular weight excluding hydrogens is 714 g/mol. The second-order valence-electron chi connectivity index (χ2n) is 12.8. The van der Waals surface area contributed by atoms with E-state index in [2.05, 4.69) is 21.2 Å². The predicted molar refractivity (Wildman–Crippen MR) is 200 cm³/mol. The van der Waals surface area contributed by atoms with Crippen molar-refractivity contribution in [3.63, 3.8) is 0 Å². The van der Waals surface area contributed by atoms with Crippen molar-refractivity contribution in [1.29, 1.82) is 0 Å². The van der Waals surface area contributed by atoms with Crippen LogP contribution in [0.15, 0.2) is 149 Å². The normalized spacial score (nSPS) is 12.1. The highest BCUT2D eigenvalue weighted by atomic mass is 79.9. The lowest BCUT2D eigenvalue weighted by atomic mass is 10.0. The van der Waals surface area contributed by atoms with Gasteiger partial charge in [0, 0.05) is 23.0 Å². The predicted octanol–water partition coefficient (Wildman–Crippen LogP) is 7.99. The molecule has 8 nitrogen and oxygen atoms in total. The Kier molecular flexibility index (Phi) is 11.8. The third-order valence-electron chi connectivity index (χ3n) is 7.72. The van der Waals surface area contributed by atoms with Gasteiger partial charge in [-0.25, -0.2) is 8.42 Å². The number of hydrogen-bond acceptors (Lipinski definition) is 5. The fraction of sp³-hybridized carbons (Fsp3) is 0.200. The molecular formula is C40H40BrN3O5S. The van der Waals surface area contributed by atoms with Gasteiger partial charge in [0.05, 0.1) is 10.6 Å². The molecule has 258 valence electrons. The number of carbonyl (C=O) groups is 2. The van der Waals surface area contributed by atoms with Crippen LogP contribution in [0.1, 0.15) is 31.9 Å². The van der Waals surface area contributed by atoms with E-state index in [1.807, 2.05) is 106 Å². The van der Waals surface area contributed by atoms with Gasteiger partial charge in [-0.1, -0.05) is 94.8 Å². The van der Waals surface area contributed by atoms with Crippen molar-refractivity contribution in [3.05, 3.63) is 155 Å². The molecule has 0 aliphatic heterocycles. The van der Waals surface area contributed by atoms with Crippen molar-refractivity contribution < 1.29 is 22.7 Å². The Morgan fingerprint density at radius 2 is 1.30 bits per heavy atom. The maximum Gasteiger partial charge on any atom is 0.264 e. The molecule has 0 aliphatic rings. The zero-order valence-electron chi connectivity index (χ0n) is 28.2. The molecule has 1 unspecified atom stereocenters. The van der Waals surface area contributed by atoms with Gasteiger partial charge < -0.3 is 15.0 Å². The fourth-order valence-corrected chi connectivity index (χ4v) is 7.27. The number of amides is 2. The zero-order valence-corrected chi connectivity index (χ0v) is 30.6. The maximum atomic E-state index is 14.7. The average Bonchev–Trinajstić information content (AvgIpc) is 3.09. The highest BCUT2D eigenvalue weighted by molar-refractivity contribution is 9.10. The van der Waals surface area contributed by atoms with Gasteiger partial charge in [0.1, 0.15) is 24.1 Å². The fourth-order valence-electron chi connectivity index (χ4n) is 5.39. The Balaban J connectivity index is 1.56. The summed E-state index contributed by atoms with van der Waals surface area (Å²) < 4.78 is 36.4. The molecule has 5 aromatic carbocycles. The Morgan fingerprint density at radius 3 is 1.90 bits per heavy atom. The van der Waals surface area contributed by atoms with Crippen LogP contribution in [0.2, 0.25) is 0 Å². The number of sulfonamides is 1. The monoisotopic (exact) mass is 753 g/mol. The zero-order chi connectivity index (χ0) is 35.7. The van der Waals surface area contributed by atoms with Gasteiger partial charge in [0.15, 0.2) is 0 Å². The number of nitrogens with one attached hydrogen (secondary N) is 1. The van der Waals surface area contributed by atoms with E-state index < -0.39 is 34.1 Å². The van der Waals surface area contributed by atoms with Crippen molar-refractivity contribution in [3.8, 4) is 11.5 Å².